The first-order valence-electron chi connectivity index (χ1n) is 16.4. The van der Waals surface area contributed by atoms with E-state index in [0.29, 0.717) is 44.7 Å². The zero-order valence-corrected chi connectivity index (χ0v) is 27.3. The molecule has 4 atom stereocenters. The van der Waals surface area contributed by atoms with Crippen LogP contribution in [0.15, 0.2) is 109 Å². The van der Waals surface area contributed by atoms with Crippen LogP contribution in [0, 0.1) is 0 Å². The third-order valence-electron chi connectivity index (χ3n) is 9.50. The smallest absolute Gasteiger partial charge is 0.135 e. The molecule has 2 heterocycles. The molecule has 0 saturated heterocycles. The van der Waals surface area contributed by atoms with Gasteiger partial charge in [0.1, 0.15) is 69.7 Å². The molecule has 2 aliphatic heterocycles. The molecule has 0 aromatic heterocycles. The van der Waals surface area contributed by atoms with Crippen molar-refractivity contribution >= 4 is 12.2 Å². The van der Waals surface area contributed by atoms with Crippen LogP contribution in [0.25, 0.3) is 12.2 Å². The first-order valence-corrected chi connectivity index (χ1v) is 16.4. The summed E-state index contributed by atoms with van der Waals surface area (Å²) < 4.78 is 13.0. The lowest BCUT2D eigenvalue weighted by Gasteiger charge is -2.22. The lowest BCUT2D eigenvalue weighted by atomic mass is 9.81. The summed E-state index contributed by atoms with van der Waals surface area (Å²) in [6, 6.07) is 28.0. The van der Waals surface area contributed by atoms with Gasteiger partial charge in [0.25, 0.3) is 0 Å². The van der Waals surface area contributed by atoms with Crippen molar-refractivity contribution in [1.82, 2.24) is 0 Å². The van der Waals surface area contributed by atoms with Crippen molar-refractivity contribution in [2.24, 2.45) is 0 Å². The predicted octanol–water partition coefficient (Wildman–Crippen LogP) is 8.03. The minimum Gasteiger partial charge on any atom is -0.508 e. The first kappa shape index (κ1) is 32.3. The Morgan fingerprint density at radius 3 is 1.38 bits per heavy atom. The molecule has 0 radical (unpaired) electrons. The fraction of sp³-hybridized carbons (Fsp3) is 0.0952. The Balaban J connectivity index is 1.25. The van der Waals surface area contributed by atoms with Gasteiger partial charge in [0.05, 0.1) is 11.8 Å². The fourth-order valence-corrected chi connectivity index (χ4v) is 7.30. The van der Waals surface area contributed by atoms with Gasteiger partial charge in [-0.15, -0.1) is 0 Å². The van der Waals surface area contributed by atoms with E-state index in [1.165, 1.54) is 48.5 Å². The van der Waals surface area contributed by atoms with Gasteiger partial charge < -0.3 is 50.3 Å². The number of benzene rings is 6. The maximum atomic E-state index is 11.8. The third kappa shape index (κ3) is 5.86. The van der Waals surface area contributed by atoms with Gasteiger partial charge in [0, 0.05) is 28.8 Å². The van der Waals surface area contributed by atoms with E-state index in [2.05, 4.69) is 0 Å². The largest absolute Gasteiger partial charge is 0.508 e. The quantitative estimate of drug-likeness (QED) is 0.0795. The number of hydrogen-bond donors (Lipinski definition) is 8. The molecule has 10 nitrogen and oxygen atoms in total. The minimum absolute atomic E-state index is 0.0451. The molecule has 0 amide bonds. The van der Waals surface area contributed by atoms with Crippen LogP contribution in [-0.4, -0.2) is 40.9 Å². The predicted molar refractivity (Wildman–Crippen MR) is 191 cm³/mol. The van der Waals surface area contributed by atoms with Crippen molar-refractivity contribution in [3.8, 4) is 57.5 Å². The molecule has 6 aromatic carbocycles. The third-order valence-corrected chi connectivity index (χ3v) is 9.50. The van der Waals surface area contributed by atoms with Crippen molar-refractivity contribution in [2.75, 3.05) is 0 Å². The van der Waals surface area contributed by atoms with E-state index < -0.39 is 24.0 Å². The van der Waals surface area contributed by atoms with Crippen LogP contribution in [0.4, 0.5) is 0 Å². The second kappa shape index (κ2) is 12.4. The number of hydrogen-bond acceptors (Lipinski definition) is 10. The molecule has 0 saturated carbocycles. The Kier molecular flexibility index (Phi) is 7.72. The van der Waals surface area contributed by atoms with Crippen LogP contribution in [0.3, 0.4) is 0 Å². The van der Waals surface area contributed by atoms with Gasteiger partial charge >= 0.3 is 0 Å². The molecule has 10 heteroatoms. The van der Waals surface area contributed by atoms with E-state index in [1.54, 1.807) is 60.7 Å². The van der Waals surface area contributed by atoms with Crippen molar-refractivity contribution in [3.05, 3.63) is 154 Å². The Labute approximate surface area is 297 Å². The number of rotatable bonds is 6. The highest BCUT2D eigenvalue weighted by Gasteiger charge is 2.44. The average Bonchev–Trinajstić information content (AvgIpc) is 3.68. The molecule has 52 heavy (non-hydrogen) atoms. The molecule has 0 unspecified atom stereocenters. The average molecular weight is 697 g/mol. The van der Waals surface area contributed by atoms with Crippen molar-refractivity contribution in [3.63, 3.8) is 0 Å². The first-order chi connectivity index (χ1) is 25.0. The molecule has 0 fully saturated rings. The Morgan fingerprint density at radius 1 is 0.365 bits per heavy atom. The van der Waals surface area contributed by atoms with Gasteiger partial charge in [-0.05, 0) is 101 Å². The highest BCUT2D eigenvalue weighted by molar-refractivity contribution is 5.73. The van der Waals surface area contributed by atoms with E-state index in [9.17, 15) is 40.9 Å². The van der Waals surface area contributed by atoms with E-state index in [0.717, 1.165) is 5.56 Å². The van der Waals surface area contributed by atoms with Crippen LogP contribution < -0.4 is 9.47 Å². The molecule has 0 aliphatic carbocycles. The van der Waals surface area contributed by atoms with Crippen molar-refractivity contribution in [1.29, 1.82) is 0 Å². The topological polar surface area (TPSA) is 180 Å². The molecular weight excluding hydrogens is 664 g/mol. The number of aromatic hydroxyl groups is 8. The molecule has 2 aliphatic rings. The minimum atomic E-state index is -0.910. The standard InChI is InChI=1S/C42H32O10/c43-27-7-3-21(4-8-27)1-2-22-11-33(49)39-35(12-22)51-41(23-5-9-28(44)10-6-23)38(39)25-17-34(50)40-36(18-25)52-42(26-15-31(47)20-32(48)16-26)37(40)24-13-29(45)19-30(46)14-24/h1-20,37-38,41-50H/b2-1+/t37-,38-,41+,42+/m0/s1. The summed E-state index contributed by atoms with van der Waals surface area (Å²) in [6.07, 6.45) is 2.04. The van der Waals surface area contributed by atoms with Crippen LogP contribution in [0.5, 0.6) is 57.5 Å². The molecule has 6 aromatic rings. The highest BCUT2D eigenvalue weighted by Crippen LogP contribution is 2.58. The summed E-state index contributed by atoms with van der Waals surface area (Å²) in [7, 11) is 0. The van der Waals surface area contributed by atoms with Gasteiger partial charge in [-0.3, -0.25) is 0 Å². The van der Waals surface area contributed by atoms with Gasteiger partial charge in [-0.2, -0.15) is 0 Å². The lowest BCUT2D eigenvalue weighted by molar-refractivity contribution is 0.217. The lowest BCUT2D eigenvalue weighted by Crippen LogP contribution is -2.11. The Hall–Kier alpha value is -6.94. The molecule has 0 spiro atoms. The summed E-state index contributed by atoms with van der Waals surface area (Å²) >= 11 is 0. The number of fused-ring (bicyclic) bond motifs is 2. The maximum Gasteiger partial charge on any atom is 0.135 e. The van der Waals surface area contributed by atoms with Gasteiger partial charge in [0.2, 0.25) is 0 Å². The van der Waals surface area contributed by atoms with Crippen LogP contribution in [0.1, 0.15) is 68.6 Å². The Bertz CT molecular complexity index is 2330. The summed E-state index contributed by atoms with van der Waals surface area (Å²) in [6.45, 7) is 0. The molecule has 8 N–H and O–H groups in total. The van der Waals surface area contributed by atoms with Crippen LogP contribution in [0.2, 0.25) is 0 Å². The molecule has 260 valence electrons. The molecule has 8 rings (SSSR count). The summed E-state index contributed by atoms with van der Waals surface area (Å²) in [5, 5.41) is 84.5. The van der Waals surface area contributed by atoms with Gasteiger partial charge in [0.15, 0.2) is 0 Å². The Morgan fingerprint density at radius 2 is 0.808 bits per heavy atom. The van der Waals surface area contributed by atoms with Gasteiger partial charge in [-0.25, -0.2) is 0 Å². The van der Waals surface area contributed by atoms with E-state index in [-0.39, 0.29) is 51.7 Å². The zero-order valence-electron chi connectivity index (χ0n) is 27.3. The van der Waals surface area contributed by atoms with Crippen LogP contribution in [-0.2, 0) is 0 Å². The zero-order chi connectivity index (χ0) is 36.3. The highest BCUT2D eigenvalue weighted by atomic mass is 16.5. The number of phenolic OH excluding ortho intramolecular Hbond substituents is 8. The van der Waals surface area contributed by atoms with E-state index in [4.69, 9.17) is 9.47 Å². The number of ether oxygens (including phenoxy) is 2. The monoisotopic (exact) mass is 696 g/mol. The van der Waals surface area contributed by atoms with Crippen LogP contribution >= 0.6 is 0 Å². The second-order valence-corrected chi connectivity index (χ2v) is 13.0. The SMILES string of the molecule is Oc1ccc(/C=C/c2cc(O)c3c(c2)O[C@H](c2ccc(O)cc2)[C@H]3c2cc(O)c3c(c2)O[C@H](c2cc(O)cc(O)c2)[C@H]3c2cc(O)cc(O)c2)cc1. The summed E-state index contributed by atoms with van der Waals surface area (Å²) in [4.78, 5) is 0. The maximum absolute atomic E-state index is 11.8. The van der Waals surface area contributed by atoms with E-state index in [1.807, 2.05) is 12.2 Å². The number of phenols is 8. The second-order valence-electron chi connectivity index (χ2n) is 13.0. The van der Waals surface area contributed by atoms with E-state index >= 15 is 0 Å². The summed E-state index contributed by atoms with van der Waals surface area (Å²) in [5.41, 5.74) is 4.34. The molecular formula is C42H32O10. The van der Waals surface area contributed by atoms with Crippen molar-refractivity contribution in [2.45, 2.75) is 24.0 Å². The normalized spacial score (nSPS) is 18.8. The van der Waals surface area contributed by atoms with Crippen molar-refractivity contribution < 1.29 is 50.3 Å². The summed E-state index contributed by atoms with van der Waals surface area (Å²) in [5.74, 6) is -1.60. The van der Waals surface area contributed by atoms with Gasteiger partial charge in [-0.1, -0.05) is 36.4 Å². The molecule has 0 bridgehead atoms. The fourth-order valence-electron chi connectivity index (χ4n) is 7.30.